The second-order valence-corrected chi connectivity index (χ2v) is 5.09. The molecule has 1 N–H and O–H groups in total. The van der Waals surface area contributed by atoms with Gasteiger partial charge in [0, 0.05) is 4.47 Å². The molecule has 0 radical (unpaired) electrons. The van der Waals surface area contributed by atoms with Crippen molar-refractivity contribution in [3.05, 3.63) is 52.0 Å². The number of ether oxygens (including phenoxy) is 2. The SMILES string of the molecule is COc1ccc(Oc2cc(Br)ccc2C(=O)O)c(C)c1. The van der Waals surface area contributed by atoms with Crippen molar-refractivity contribution < 1.29 is 19.4 Å². The molecule has 0 bridgehead atoms. The first kappa shape index (κ1) is 14.4. The second-order valence-electron chi connectivity index (χ2n) is 4.18. The molecule has 0 aliphatic heterocycles. The molecule has 2 aromatic rings. The summed E-state index contributed by atoms with van der Waals surface area (Å²) >= 11 is 3.31. The Morgan fingerprint density at radius 2 is 1.90 bits per heavy atom. The number of methoxy groups -OCH3 is 1. The van der Waals surface area contributed by atoms with E-state index >= 15 is 0 Å². The highest BCUT2D eigenvalue weighted by Crippen LogP contribution is 2.32. The summed E-state index contributed by atoms with van der Waals surface area (Å²) in [4.78, 5) is 11.2. The molecule has 20 heavy (non-hydrogen) atoms. The minimum absolute atomic E-state index is 0.114. The molecule has 0 heterocycles. The molecule has 104 valence electrons. The average molecular weight is 337 g/mol. The summed E-state index contributed by atoms with van der Waals surface area (Å²) in [5.41, 5.74) is 0.976. The smallest absolute Gasteiger partial charge is 0.339 e. The Hall–Kier alpha value is -2.01. The topological polar surface area (TPSA) is 55.8 Å². The lowest BCUT2D eigenvalue weighted by molar-refractivity contribution is 0.0694. The van der Waals surface area contributed by atoms with Crippen LogP contribution in [0.3, 0.4) is 0 Å². The van der Waals surface area contributed by atoms with Crippen molar-refractivity contribution in [2.45, 2.75) is 6.92 Å². The van der Waals surface area contributed by atoms with Gasteiger partial charge in [0.15, 0.2) is 0 Å². The van der Waals surface area contributed by atoms with Crippen molar-refractivity contribution in [3.8, 4) is 17.2 Å². The van der Waals surface area contributed by atoms with E-state index in [2.05, 4.69) is 15.9 Å². The van der Waals surface area contributed by atoms with Gasteiger partial charge in [-0.15, -0.1) is 0 Å². The first-order chi connectivity index (χ1) is 9.51. The molecule has 2 aromatic carbocycles. The molecule has 2 rings (SSSR count). The minimum Gasteiger partial charge on any atom is -0.497 e. The molecule has 0 aliphatic carbocycles. The van der Waals surface area contributed by atoms with Crippen LogP contribution >= 0.6 is 15.9 Å². The highest BCUT2D eigenvalue weighted by atomic mass is 79.9. The number of carbonyl (C=O) groups is 1. The third-order valence-electron chi connectivity index (χ3n) is 2.78. The lowest BCUT2D eigenvalue weighted by Gasteiger charge is -2.12. The molecule has 0 saturated carbocycles. The zero-order chi connectivity index (χ0) is 14.7. The second kappa shape index (κ2) is 5.96. The maximum atomic E-state index is 11.2. The molecule has 0 fully saturated rings. The fraction of sp³-hybridized carbons (Fsp3) is 0.133. The number of rotatable bonds is 4. The first-order valence-electron chi connectivity index (χ1n) is 5.86. The van der Waals surface area contributed by atoms with Crippen LogP contribution in [0.25, 0.3) is 0 Å². The number of aromatic carboxylic acids is 1. The van der Waals surface area contributed by atoms with Crippen LogP contribution in [-0.2, 0) is 0 Å². The minimum atomic E-state index is -1.03. The molecule has 0 aromatic heterocycles. The molecule has 5 heteroatoms. The van der Waals surface area contributed by atoms with E-state index in [0.29, 0.717) is 11.5 Å². The van der Waals surface area contributed by atoms with Crippen molar-refractivity contribution in [3.63, 3.8) is 0 Å². The Balaban J connectivity index is 2.39. The summed E-state index contributed by atoms with van der Waals surface area (Å²) in [6, 6.07) is 10.1. The summed E-state index contributed by atoms with van der Waals surface area (Å²) in [5.74, 6) is 0.577. The van der Waals surface area contributed by atoms with Gasteiger partial charge in [0.25, 0.3) is 0 Å². The summed E-state index contributed by atoms with van der Waals surface area (Å²) in [5, 5.41) is 9.17. The van der Waals surface area contributed by atoms with Gasteiger partial charge in [-0.25, -0.2) is 4.79 Å². The van der Waals surface area contributed by atoms with Crippen molar-refractivity contribution in [1.82, 2.24) is 0 Å². The summed E-state index contributed by atoms with van der Waals surface area (Å²) in [6.07, 6.45) is 0. The van der Waals surface area contributed by atoms with E-state index in [0.717, 1.165) is 15.8 Å². The van der Waals surface area contributed by atoms with Crippen LogP contribution in [0.2, 0.25) is 0 Å². The van der Waals surface area contributed by atoms with Gasteiger partial charge in [0.1, 0.15) is 22.8 Å². The van der Waals surface area contributed by atoms with Crippen LogP contribution in [0.4, 0.5) is 0 Å². The lowest BCUT2D eigenvalue weighted by atomic mass is 10.2. The van der Waals surface area contributed by atoms with Crippen LogP contribution in [-0.4, -0.2) is 18.2 Å². The van der Waals surface area contributed by atoms with Gasteiger partial charge in [-0.2, -0.15) is 0 Å². The van der Waals surface area contributed by atoms with Crippen LogP contribution in [0.15, 0.2) is 40.9 Å². The number of aryl methyl sites for hydroxylation is 1. The molecule has 0 unspecified atom stereocenters. The van der Waals surface area contributed by atoms with Gasteiger partial charge >= 0.3 is 5.97 Å². The van der Waals surface area contributed by atoms with Crippen molar-refractivity contribution >= 4 is 21.9 Å². The zero-order valence-corrected chi connectivity index (χ0v) is 12.6. The first-order valence-corrected chi connectivity index (χ1v) is 6.66. The number of hydrogen-bond donors (Lipinski definition) is 1. The van der Waals surface area contributed by atoms with Gasteiger partial charge in [-0.1, -0.05) is 15.9 Å². The van der Waals surface area contributed by atoms with Crippen LogP contribution in [0.1, 0.15) is 15.9 Å². The highest BCUT2D eigenvalue weighted by Gasteiger charge is 2.13. The molecule has 0 saturated heterocycles. The van der Waals surface area contributed by atoms with Crippen molar-refractivity contribution in [2.75, 3.05) is 7.11 Å². The molecule has 4 nitrogen and oxygen atoms in total. The Morgan fingerprint density at radius 3 is 2.50 bits per heavy atom. The summed E-state index contributed by atoms with van der Waals surface area (Å²) in [7, 11) is 1.59. The summed E-state index contributed by atoms with van der Waals surface area (Å²) in [6.45, 7) is 1.87. The maximum absolute atomic E-state index is 11.2. The van der Waals surface area contributed by atoms with Gasteiger partial charge < -0.3 is 14.6 Å². The predicted molar refractivity (Wildman–Crippen MR) is 78.9 cm³/mol. The van der Waals surface area contributed by atoms with E-state index < -0.39 is 5.97 Å². The van der Waals surface area contributed by atoms with E-state index in [1.165, 1.54) is 6.07 Å². The highest BCUT2D eigenvalue weighted by molar-refractivity contribution is 9.10. The Bertz CT molecular complexity index is 652. The largest absolute Gasteiger partial charge is 0.497 e. The van der Waals surface area contributed by atoms with Crippen molar-refractivity contribution in [1.29, 1.82) is 0 Å². The zero-order valence-electron chi connectivity index (χ0n) is 11.0. The van der Waals surface area contributed by atoms with Gasteiger partial charge in [0.2, 0.25) is 0 Å². The fourth-order valence-electron chi connectivity index (χ4n) is 1.74. The fourth-order valence-corrected chi connectivity index (χ4v) is 2.08. The van der Waals surface area contributed by atoms with Gasteiger partial charge in [-0.3, -0.25) is 0 Å². The van der Waals surface area contributed by atoms with E-state index in [9.17, 15) is 9.90 Å². The molecule has 0 aliphatic rings. The van der Waals surface area contributed by atoms with E-state index in [4.69, 9.17) is 9.47 Å². The van der Waals surface area contributed by atoms with E-state index in [1.54, 1.807) is 31.4 Å². The molecule has 0 spiro atoms. The maximum Gasteiger partial charge on any atom is 0.339 e. The molecule has 0 atom stereocenters. The molecular weight excluding hydrogens is 324 g/mol. The number of benzene rings is 2. The predicted octanol–water partition coefficient (Wildman–Crippen LogP) is 4.26. The Kier molecular flexibility index (Phi) is 4.29. The third kappa shape index (κ3) is 3.11. The number of carboxylic acid groups (broad SMARTS) is 1. The van der Waals surface area contributed by atoms with Gasteiger partial charge in [0.05, 0.1) is 7.11 Å². The molecule has 0 amide bonds. The van der Waals surface area contributed by atoms with Gasteiger partial charge in [-0.05, 0) is 48.9 Å². The van der Waals surface area contributed by atoms with Crippen molar-refractivity contribution in [2.24, 2.45) is 0 Å². The summed E-state index contributed by atoms with van der Waals surface area (Å²) < 4.78 is 11.6. The number of halogens is 1. The van der Waals surface area contributed by atoms with Crippen LogP contribution in [0.5, 0.6) is 17.2 Å². The lowest BCUT2D eigenvalue weighted by Crippen LogP contribution is -2.00. The third-order valence-corrected chi connectivity index (χ3v) is 3.27. The number of hydrogen-bond acceptors (Lipinski definition) is 3. The van der Waals surface area contributed by atoms with E-state index in [1.807, 2.05) is 13.0 Å². The number of carboxylic acids is 1. The average Bonchev–Trinajstić information content (AvgIpc) is 2.40. The van der Waals surface area contributed by atoms with E-state index in [-0.39, 0.29) is 5.56 Å². The Labute approximate surface area is 125 Å². The quantitative estimate of drug-likeness (QED) is 0.906. The van der Waals surface area contributed by atoms with Crippen LogP contribution < -0.4 is 9.47 Å². The molecular formula is C15H13BrO4. The monoisotopic (exact) mass is 336 g/mol. The standard InChI is InChI=1S/C15H13BrO4/c1-9-7-11(19-2)4-6-13(9)20-14-8-10(16)3-5-12(14)15(17)18/h3-8H,1-2H3,(H,17,18). The normalized spacial score (nSPS) is 10.2. The van der Waals surface area contributed by atoms with Crippen LogP contribution in [0, 0.1) is 6.92 Å². The Morgan fingerprint density at radius 1 is 1.15 bits per heavy atom.